The van der Waals surface area contributed by atoms with Gasteiger partial charge in [-0.05, 0) is 63.1 Å². The molecule has 0 aliphatic carbocycles. The molecule has 0 amide bonds. The Labute approximate surface area is 177 Å². The van der Waals surface area contributed by atoms with E-state index in [1.165, 1.54) is 45.2 Å². The molecule has 1 N–H and O–H groups in total. The van der Waals surface area contributed by atoms with Gasteiger partial charge in [-0.2, -0.15) is 0 Å². The monoisotopic (exact) mass is 411 g/mol. The Bertz CT molecular complexity index is 1030. The molecule has 0 radical (unpaired) electrons. The zero-order valence-electron chi connectivity index (χ0n) is 18.2. The van der Waals surface area contributed by atoms with Crippen LogP contribution in [0.5, 0.6) is 5.75 Å². The third kappa shape index (κ3) is 4.50. The van der Waals surface area contributed by atoms with E-state index in [9.17, 15) is 14.3 Å². The highest BCUT2D eigenvalue weighted by atomic mass is 19.1. The third-order valence-corrected chi connectivity index (χ3v) is 5.55. The number of aryl methyl sites for hydroxylation is 1. The number of unbranched alkanes of at least 4 members (excludes halogenated alkanes) is 3. The SMILES string of the molecule is CCCCCCn1c(C)c(-c2ccc(F)cc2)c2cc(OC(C)(C)C(=O)O)ccc21. The zero-order valence-corrected chi connectivity index (χ0v) is 18.2. The van der Waals surface area contributed by atoms with Crippen LogP contribution in [0.2, 0.25) is 0 Å². The molecule has 0 fully saturated rings. The number of halogens is 1. The van der Waals surface area contributed by atoms with Crippen LogP contribution < -0.4 is 4.74 Å². The summed E-state index contributed by atoms with van der Waals surface area (Å²) >= 11 is 0. The zero-order chi connectivity index (χ0) is 21.9. The summed E-state index contributed by atoms with van der Waals surface area (Å²) in [6.45, 7) is 8.25. The average molecular weight is 412 g/mol. The van der Waals surface area contributed by atoms with Crippen LogP contribution in [0.3, 0.4) is 0 Å². The molecule has 30 heavy (non-hydrogen) atoms. The maximum Gasteiger partial charge on any atom is 0.347 e. The fourth-order valence-electron chi connectivity index (χ4n) is 3.83. The van der Waals surface area contributed by atoms with Crippen molar-refractivity contribution >= 4 is 16.9 Å². The minimum Gasteiger partial charge on any atom is -0.478 e. The predicted octanol–water partition coefficient (Wildman–Crippen LogP) is 6.58. The van der Waals surface area contributed by atoms with Crippen LogP contribution in [0.1, 0.15) is 52.1 Å². The van der Waals surface area contributed by atoms with Crippen molar-refractivity contribution in [2.45, 2.75) is 65.5 Å². The molecule has 0 bridgehead atoms. The summed E-state index contributed by atoms with van der Waals surface area (Å²) in [5.74, 6) is -0.792. The first-order valence-electron chi connectivity index (χ1n) is 10.6. The minimum absolute atomic E-state index is 0.271. The van der Waals surface area contributed by atoms with Gasteiger partial charge in [0.15, 0.2) is 5.60 Å². The molecule has 4 nitrogen and oxygen atoms in total. The third-order valence-electron chi connectivity index (χ3n) is 5.55. The summed E-state index contributed by atoms with van der Waals surface area (Å²) in [6.07, 6.45) is 4.67. The predicted molar refractivity (Wildman–Crippen MR) is 119 cm³/mol. The molecule has 0 unspecified atom stereocenters. The van der Waals surface area contributed by atoms with E-state index in [1.807, 2.05) is 18.2 Å². The Morgan fingerprint density at radius 1 is 1.10 bits per heavy atom. The van der Waals surface area contributed by atoms with E-state index in [0.717, 1.165) is 40.7 Å². The fraction of sp³-hybridized carbons (Fsp3) is 0.400. The van der Waals surface area contributed by atoms with Gasteiger partial charge in [-0.15, -0.1) is 0 Å². The molecule has 5 heteroatoms. The molecule has 1 heterocycles. The number of aromatic nitrogens is 1. The van der Waals surface area contributed by atoms with Gasteiger partial charge in [0, 0.05) is 28.7 Å². The van der Waals surface area contributed by atoms with E-state index in [1.54, 1.807) is 12.1 Å². The summed E-state index contributed by atoms with van der Waals surface area (Å²) in [5.41, 5.74) is 2.81. The van der Waals surface area contributed by atoms with Crippen LogP contribution in [0.25, 0.3) is 22.0 Å². The summed E-state index contributed by atoms with van der Waals surface area (Å²) in [4.78, 5) is 11.5. The van der Waals surface area contributed by atoms with E-state index in [2.05, 4.69) is 18.4 Å². The van der Waals surface area contributed by atoms with Crippen LogP contribution in [0.15, 0.2) is 42.5 Å². The summed E-state index contributed by atoms with van der Waals surface area (Å²) in [7, 11) is 0. The number of fused-ring (bicyclic) bond motifs is 1. The number of carboxylic acids is 1. The molecule has 3 aromatic rings. The van der Waals surface area contributed by atoms with E-state index in [-0.39, 0.29) is 5.82 Å². The maximum atomic E-state index is 13.5. The number of benzene rings is 2. The second-order valence-electron chi connectivity index (χ2n) is 8.28. The largest absolute Gasteiger partial charge is 0.478 e. The first-order valence-corrected chi connectivity index (χ1v) is 10.6. The molecule has 0 aliphatic rings. The number of carboxylic acid groups (broad SMARTS) is 1. The molecule has 0 atom stereocenters. The first-order chi connectivity index (χ1) is 14.2. The Balaban J connectivity index is 2.10. The van der Waals surface area contributed by atoms with Gasteiger partial charge in [-0.25, -0.2) is 9.18 Å². The summed E-state index contributed by atoms with van der Waals surface area (Å²) in [6, 6.07) is 12.2. The molecule has 2 aromatic carbocycles. The molecular formula is C25H30FNO3. The molecule has 160 valence electrons. The second-order valence-corrected chi connectivity index (χ2v) is 8.28. The summed E-state index contributed by atoms with van der Waals surface area (Å²) in [5, 5.41) is 10.4. The highest BCUT2D eigenvalue weighted by Gasteiger charge is 2.29. The molecule has 3 rings (SSSR count). The van der Waals surface area contributed by atoms with E-state index in [4.69, 9.17) is 4.74 Å². The number of ether oxygens (including phenoxy) is 1. The second kappa shape index (κ2) is 8.90. The lowest BCUT2D eigenvalue weighted by molar-refractivity contribution is -0.152. The Hall–Kier alpha value is -2.82. The van der Waals surface area contributed by atoms with Crippen molar-refractivity contribution in [2.75, 3.05) is 0 Å². The standard InChI is InChI=1S/C25H30FNO3/c1-5-6-7-8-15-27-17(2)23(18-9-11-19(26)12-10-18)21-16-20(13-14-22(21)27)30-25(3,4)24(28)29/h9-14,16H,5-8,15H2,1-4H3,(H,28,29). The molecule has 0 aliphatic heterocycles. The lowest BCUT2D eigenvalue weighted by Crippen LogP contribution is -2.37. The normalized spacial score (nSPS) is 11.8. The van der Waals surface area contributed by atoms with Gasteiger partial charge in [-0.3, -0.25) is 0 Å². The number of carbonyl (C=O) groups is 1. The van der Waals surface area contributed by atoms with Gasteiger partial charge < -0.3 is 14.4 Å². The smallest absolute Gasteiger partial charge is 0.347 e. The van der Waals surface area contributed by atoms with Crippen molar-refractivity contribution in [3.63, 3.8) is 0 Å². The van der Waals surface area contributed by atoms with Crippen LogP contribution in [0.4, 0.5) is 4.39 Å². The lowest BCUT2D eigenvalue weighted by Gasteiger charge is -2.21. The van der Waals surface area contributed by atoms with Crippen LogP contribution in [0, 0.1) is 12.7 Å². The average Bonchev–Trinajstić information content (AvgIpc) is 2.96. The molecule has 0 saturated heterocycles. The van der Waals surface area contributed by atoms with E-state index >= 15 is 0 Å². The van der Waals surface area contributed by atoms with Gasteiger partial charge in [0.2, 0.25) is 0 Å². The van der Waals surface area contributed by atoms with Gasteiger partial charge >= 0.3 is 5.97 Å². The molecule has 0 spiro atoms. The molecular weight excluding hydrogens is 381 g/mol. The van der Waals surface area contributed by atoms with Gasteiger partial charge in [0.05, 0.1) is 0 Å². The number of hydrogen-bond donors (Lipinski definition) is 1. The molecule has 0 saturated carbocycles. The van der Waals surface area contributed by atoms with Crippen molar-refractivity contribution in [2.24, 2.45) is 0 Å². The highest BCUT2D eigenvalue weighted by molar-refractivity contribution is 5.99. The highest BCUT2D eigenvalue weighted by Crippen LogP contribution is 2.37. The number of nitrogens with zero attached hydrogens (tertiary/aromatic N) is 1. The van der Waals surface area contributed by atoms with Crippen LogP contribution >= 0.6 is 0 Å². The topological polar surface area (TPSA) is 51.5 Å². The van der Waals surface area contributed by atoms with Crippen molar-refractivity contribution in [3.05, 3.63) is 54.0 Å². The van der Waals surface area contributed by atoms with Gasteiger partial charge in [0.25, 0.3) is 0 Å². The summed E-state index contributed by atoms with van der Waals surface area (Å²) < 4.78 is 21.6. The number of rotatable bonds is 9. The lowest BCUT2D eigenvalue weighted by atomic mass is 10.0. The van der Waals surface area contributed by atoms with Gasteiger partial charge in [0.1, 0.15) is 11.6 Å². The Kier molecular flexibility index (Phi) is 6.49. The van der Waals surface area contributed by atoms with Gasteiger partial charge in [-0.1, -0.05) is 38.3 Å². The van der Waals surface area contributed by atoms with Crippen molar-refractivity contribution in [1.82, 2.24) is 4.57 Å². The molecule has 1 aromatic heterocycles. The van der Waals surface area contributed by atoms with E-state index < -0.39 is 11.6 Å². The minimum atomic E-state index is -1.33. The fourth-order valence-corrected chi connectivity index (χ4v) is 3.83. The Morgan fingerprint density at radius 3 is 2.43 bits per heavy atom. The Morgan fingerprint density at radius 2 is 1.80 bits per heavy atom. The van der Waals surface area contributed by atoms with E-state index in [0.29, 0.717) is 5.75 Å². The van der Waals surface area contributed by atoms with Crippen LogP contribution in [-0.2, 0) is 11.3 Å². The van der Waals surface area contributed by atoms with Crippen molar-refractivity contribution < 1.29 is 19.0 Å². The van der Waals surface area contributed by atoms with Crippen LogP contribution in [-0.4, -0.2) is 21.2 Å². The van der Waals surface area contributed by atoms with Crippen molar-refractivity contribution in [1.29, 1.82) is 0 Å². The quantitative estimate of drug-likeness (QED) is 0.405. The maximum absolute atomic E-state index is 13.5. The van der Waals surface area contributed by atoms with Crippen molar-refractivity contribution in [3.8, 4) is 16.9 Å². The number of hydrogen-bond acceptors (Lipinski definition) is 2. The first kappa shape index (κ1) is 21.9. The number of aliphatic carboxylic acids is 1.